The summed E-state index contributed by atoms with van der Waals surface area (Å²) in [6, 6.07) is 0. The highest BCUT2D eigenvalue weighted by Gasteiger charge is 2.05. The third kappa shape index (κ3) is 1.08. The van der Waals surface area contributed by atoms with Crippen molar-refractivity contribution in [2.24, 2.45) is 0 Å². The van der Waals surface area contributed by atoms with Crippen LogP contribution in [0.5, 0.6) is 0 Å². The van der Waals surface area contributed by atoms with Crippen LogP contribution in [0.15, 0.2) is 12.4 Å². The summed E-state index contributed by atoms with van der Waals surface area (Å²) in [5, 5.41) is 15.1. The average Bonchev–Trinajstić information content (AvgIpc) is 2.75. The van der Waals surface area contributed by atoms with Gasteiger partial charge in [-0.2, -0.15) is 0 Å². The molecule has 0 unspecified atom stereocenters. The highest BCUT2D eigenvalue weighted by atomic mass is 16.3. The Kier molecular flexibility index (Phi) is 1.60. The van der Waals surface area contributed by atoms with Gasteiger partial charge in [-0.25, -0.2) is 9.97 Å². The molecule has 0 aliphatic heterocycles. The van der Waals surface area contributed by atoms with E-state index < -0.39 is 0 Å². The van der Waals surface area contributed by atoms with Crippen LogP contribution in [-0.4, -0.2) is 30.3 Å². The highest BCUT2D eigenvalue weighted by Crippen LogP contribution is 2.06. The number of aliphatic hydroxyl groups excluding tert-OH is 1. The van der Waals surface area contributed by atoms with Gasteiger partial charge >= 0.3 is 0 Å². The number of H-pyrrole nitrogens is 2. The minimum Gasteiger partial charge on any atom is -0.388 e. The first kappa shape index (κ1) is 6.99. The van der Waals surface area contributed by atoms with Gasteiger partial charge in [0.2, 0.25) is 5.82 Å². The Labute approximate surface area is 67.7 Å². The zero-order chi connectivity index (χ0) is 8.39. The Balaban J connectivity index is 2.35. The lowest BCUT2D eigenvalue weighted by atomic mass is 10.6. The van der Waals surface area contributed by atoms with Crippen molar-refractivity contribution >= 4 is 0 Å². The van der Waals surface area contributed by atoms with E-state index in [1.807, 2.05) is 0 Å². The van der Waals surface area contributed by atoms with Gasteiger partial charge in [-0.1, -0.05) is 0 Å². The number of rotatable bonds is 2. The van der Waals surface area contributed by atoms with Crippen LogP contribution in [0, 0.1) is 0 Å². The quantitative estimate of drug-likeness (QED) is 0.569. The van der Waals surface area contributed by atoms with Crippen LogP contribution < -0.4 is 0 Å². The minimum absolute atomic E-state index is 0.145. The normalized spacial score (nSPS) is 10.4. The van der Waals surface area contributed by atoms with Gasteiger partial charge in [-0.05, 0) is 0 Å². The Morgan fingerprint density at radius 3 is 3.00 bits per heavy atom. The molecule has 0 aromatic carbocycles. The average molecular weight is 165 g/mol. The van der Waals surface area contributed by atoms with Gasteiger partial charge in [0.15, 0.2) is 11.6 Å². The second-order valence-corrected chi connectivity index (χ2v) is 2.20. The maximum absolute atomic E-state index is 8.68. The molecule has 2 rings (SSSR count). The van der Waals surface area contributed by atoms with Crippen LogP contribution in [-0.2, 0) is 6.61 Å². The third-order valence-corrected chi connectivity index (χ3v) is 1.39. The van der Waals surface area contributed by atoms with E-state index in [0.717, 1.165) is 0 Å². The molecule has 0 atom stereocenters. The molecule has 2 heterocycles. The molecule has 0 bridgehead atoms. The van der Waals surface area contributed by atoms with Crippen molar-refractivity contribution < 1.29 is 5.11 Å². The molecule has 3 N–H and O–H groups in total. The van der Waals surface area contributed by atoms with Crippen LogP contribution >= 0.6 is 0 Å². The maximum Gasteiger partial charge on any atom is 0.217 e. The smallest absolute Gasteiger partial charge is 0.217 e. The van der Waals surface area contributed by atoms with Gasteiger partial charge in [0.1, 0.15) is 6.61 Å². The van der Waals surface area contributed by atoms with Crippen molar-refractivity contribution in [1.82, 2.24) is 25.1 Å². The van der Waals surface area contributed by atoms with Crippen LogP contribution in [0.1, 0.15) is 5.82 Å². The van der Waals surface area contributed by atoms with Gasteiger partial charge in [-0.15, -0.1) is 5.10 Å². The summed E-state index contributed by atoms with van der Waals surface area (Å²) >= 11 is 0. The second-order valence-electron chi connectivity index (χ2n) is 2.20. The van der Waals surface area contributed by atoms with E-state index in [1.54, 1.807) is 12.4 Å². The van der Waals surface area contributed by atoms with Gasteiger partial charge in [-0.3, -0.25) is 5.10 Å². The van der Waals surface area contributed by atoms with E-state index in [-0.39, 0.29) is 6.61 Å². The molecule has 0 amide bonds. The first-order valence-electron chi connectivity index (χ1n) is 3.42. The maximum atomic E-state index is 8.68. The van der Waals surface area contributed by atoms with Crippen LogP contribution in [0.25, 0.3) is 11.6 Å². The summed E-state index contributed by atoms with van der Waals surface area (Å²) in [5.74, 6) is 1.48. The van der Waals surface area contributed by atoms with E-state index in [1.165, 1.54) is 0 Å². The number of nitrogens with one attached hydrogen (secondary N) is 2. The topological polar surface area (TPSA) is 90.5 Å². The van der Waals surface area contributed by atoms with Crippen LogP contribution in [0.2, 0.25) is 0 Å². The SMILES string of the molecule is OCc1nc(-c2ncc[nH]2)n[nH]1. The fourth-order valence-electron chi connectivity index (χ4n) is 0.859. The number of nitrogens with zero attached hydrogens (tertiary/aromatic N) is 3. The van der Waals surface area contributed by atoms with Crippen molar-refractivity contribution in [3.63, 3.8) is 0 Å². The molecule has 0 aliphatic rings. The highest BCUT2D eigenvalue weighted by molar-refractivity contribution is 5.41. The standard InChI is InChI=1S/C6H7N5O/c12-3-4-9-6(11-10-4)5-7-1-2-8-5/h1-2,12H,3H2,(H,7,8)(H,9,10,11). The number of aromatic nitrogens is 5. The summed E-state index contributed by atoms with van der Waals surface area (Å²) in [5.41, 5.74) is 0. The predicted molar refractivity (Wildman–Crippen MR) is 39.9 cm³/mol. The Hall–Kier alpha value is -1.69. The minimum atomic E-state index is -0.145. The summed E-state index contributed by atoms with van der Waals surface area (Å²) in [4.78, 5) is 10.8. The molecule has 0 radical (unpaired) electrons. The van der Waals surface area contributed by atoms with E-state index in [0.29, 0.717) is 17.5 Å². The molecule has 6 nitrogen and oxygen atoms in total. The lowest BCUT2D eigenvalue weighted by molar-refractivity contribution is 0.272. The largest absolute Gasteiger partial charge is 0.388 e. The van der Waals surface area contributed by atoms with Crippen molar-refractivity contribution in [3.8, 4) is 11.6 Å². The molecule has 0 spiro atoms. The van der Waals surface area contributed by atoms with E-state index in [4.69, 9.17) is 5.11 Å². The molecule has 2 aromatic rings. The molecule has 2 aromatic heterocycles. The molecule has 6 heteroatoms. The molecular formula is C6H7N5O. The summed E-state index contributed by atoms with van der Waals surface area (Å²) in [6.07, 6.45) is 3.30. The van der Waals surface area contributed by atoms with E-state index >= 15 is 0 Å². The van der Waals surface area contributed by atoms with Crippen molar-refractivity contribution in [1.29, 1.82) is 0 Å². The fourth-order valence-corrected chi connectivity index (χ4v) is 0.859. The summed E-state index contributed by atoms with van der Waals surface area (Å²) < 4.78 is 0. The first-order chi connectivity index (χ1) is 5.90. The third-order valence-electron chi connectivity index (χ3n) is 1.39. The Morgan fingerprint density at radius 2 is 2.42 bits per heavy atom. The number of imidazole rings is 1. The predicted octanol–water partition coefficient (Wildman–Crippen LogP) is -0.313. The molecule has 0 aliphatic carbocycles. The molecule has 0 saturated carbocycles. The van der Waals surface area contributed by atoms with E-state index in [2.05, 4.69) is 25.1 Å². The lowest BCUT2D eigenvalue weighted by Gasteiger charge is -1.83. The number of hydrogen-bond acceptors (Lipinski definition) is 4. The first-order valence-corrected chi connectivity index (χ1v) is 3.42. The molecule has 12 heavy (non-hydrogen) atoms. The zero-order valence-corrected chi connectivity index (χ0v) is 6.15. The second kappa shape index (κ2) is 2.74. The van der Waals surface area contributed by atoms with Gasteiger partial charge < -0.3 is 10.1 Å². The fraction of sp³-hybridized carbons (Fsp3) is 0.167. The summed E-state index contributed by atoms with van der Waals surface area (Å²) in [7, 11) is 0. The van der Waals surface area contributed by atoms with Crippen LogP contribution in [0.4, 0.5) is 0 Å². The Bertz CT molecular complexity index is 352. The van der Waals surface area contributed by atoms with Crippen LogP contribution in [0.3, 0.4) is 0 Å². The van der Waals surface area contributed by atoms with Crippen molar-refractivity contribution in [2.75, 3.05) is 0 Å². The molecule has 62 valence electrons. The monoisotopic (exact) mass is 165 g/mol. The molecule has 0 saturated heterocycles. The number of aliphatic hydroxyl groups is 1. The molecular weight excluding hydrogens is 158 g/mol. The number of aromatic amines is 2. The summed E-state index contributed by atoms with van der Waals surface area (Å²) in [6.45, 7) is -0.145. The van der Waals surface area contributed by atoms with E-state index in [9.17, 15) is 0 Å². The molecule has 0 fully saturated rings. The van der Waals surface area contributed by atoms with Gasteiger partial charge in [0.25, 0.3) is 0 Å². The lowest BCUT2D eigenvalue weighted by Crippen LogP contribution is -1.85. The van der Waals surface area contributed by atoms with Gasteiger partial charge in [0, 0.05) is 12.4 Å². The van der Waals surface area contributed by atoms with Crippen molar-refractivity contribution in [3.05, 3.63) is 18.2 Å². The van der Waals surface area contributed by atoms with Crippen molar-refractivity contribution in [2.45, 2.75) is 6.61 Å². The van der Waals surface area contributed by atoms with Gasteiger partial charge in [0.05, 0.1) is 0 Å². The Morgan fingerprint density at radius 1 is 1.50 bits per heavy atom. The zero-order valence-electron chi connectivity index (χ0n) is 6.15. The number of hydrogen-bond donors (Lipinski definition) is 3.